The van der Waals surface area contributed by atoms with Gasteiger partial charge in [-0.05, 0) is 59.3 Å². The average molecular weight is 392 g/mol. The summed E-state index contributed by atoms with van der Waals surface area (Å²) in [5, 5.41) is 3.45. The lowest BCUT2D eigenvalue weighted by Gasteiger charge is -2.24. The second kappa shape index (κ2) is 6.15. The smallest absolute Gasteiger partial charge is 0.258 e. The number of benzene rings is 2. The molecule has 1 heterocycles. The first-order valence-corrected chi connectivity index (χ1v) is 8.12. The van der Waals surface area contributed by atoms with E-state index < -0.39 is 0 Å². The molecular weight excluding hydrogens is 375 g/mol. The van der Waals surface area contributed by atoms with Gasteiger partial charge in [0.1, 0.15) is 0 Å². The van der Waals surface area contributed by atoms with Crippen LogP contribution in [0, 0.1) is 3.57 Å². The van der Waals surface area contributed by atoms with Crippen molar-refractivity contribution in [1.29, 1.82) is 0 Å². The molecule has 0 aromatic heterocycles. The fraction of sp³-hybridized carbons (Fsp3) is 0.235. The number of hydrogen-bond acceptors (Lipinski definition) is 2. The van der Waals surface area contributed by atoms with E-state index in [0.29, 0.717) is 6.54 Å². The van der Waals surface area contributed by atoms with Crippen LogP contribution in [0.2, 0.25) is 0 Å². The maximum Gasteiger partial charge on any atom is 0.258 e. The molecule has 3 nitrogen and oxygen atoms in total. The molecule has 0 saturated carbocycles. The minimum Gasteiger partial charge on any atom is -0.308 e. The van der Waals surface area contributed by atoms with Gasteiger partial charge < -0.3 is 10.2 Å². The first-order valence-electron chi connectivity index (χ1n) is 7.04. The van der Waals surface area contributed by atoms with E-state index in [4.69, 9.17) is 0 Å². The number of halogens is 1. The number of fused-ring (bicyclic) bond motifs is 1. The predicted molar refractivity (Wildman–Crippen MR) is 93.6 cm³/mol. The number of rotatable bonds is 1. The minimum atomic E-state index is 0.0662. The van der Waals surface area contributed by atoms with Crippen LogP contribution in [0.4, 0.5) is 5.69 Å². The fourth-order valence-electron chi connectivity index (χ4n) is 2.61. The van der Waals surface area contributed by atoms with Gasteiger partial charge >= 0.3 is 0 Å². The molecule has 1 aliphatic heterocycles. The molecule has 0 aliphatic carbocycles. The lowest BCUT2D eigenvalue weighted by Crippen LogP contribution is -2.39. The van der Waals surface area contributed by atoms with Crippen molar-refractivity contribution in [2.45, 2.75) is 19.5 Å². The summed E-state index contributed by atoms with van der Waals surface area (Å²) in [6, 6.07) is 16.1. The molecule has 2 aromatic carbocycles. The number of carbonyl (C=O) groups is 1. The van der Waals surface area contributed by atoms with Crippen molar-refractivity contribution in [3.05, 3.63) is 63.2 Å². The van der Waals surface area contributed by atoms with Crippen LogP contribution in [0.3, 0.4) is 0 Å². The number of hydrogen-bond donors (Lipinski definition) is 1. The molecule has 0 radical (unpaired) electrons. The van der Waals surface area contributed by atoms with Crippen LogP contribution >= 0.6 is 22.6 Å². The topological polar surface area (TPSA) is 32.3 Å². The molecule has 2 aromatic rings. The Morgan fingerprint density at radius 1 is 1.24 bits per heavy atom. The van der Waals surface area contributed by atoms with E-state index >= 15 is 0 Å². The van der Waals surface area contributed by atoms with Gasteiger partial charge in [0, 0.05) is 34.0 Å². The lowest BCUT2D eigenvalue weighted by molar-refractivity contribution is 0.0985. The van der Waals surface area contributed by atoms with Crippen LogP contribution in [0.5, 0.6) is 0 Å². The van der Waals surface area contributed by atoms with Gasteiger partial charge in [-0.25, -0.2) is 0 Å². The molecule has 1 aliphatic rings. The Morgan fingerprint density at radius 2 is 2.05 bits per heavy atom. The zero-order valence-electron chi connectivity index (χ0n) is 11.8. The molecule has 21 heavy (non-hydrogen) atoms. The van der Waals surface area contributed by atoms with Crippen molar-refractivity contribution < 1.29 is 4.79 Å². The van der Waals surface area contributed by atoms with Crippen LogP contribution in [0.15, 0.2) is 48.5 Å². The maximum absolute atomic E-state index is 12.9. The third-order valence-electron chi connectivity index (χ3n) is 3.70. The summed E-state index contributed by atoms with van der Waals surface area (Å²) in [6.45, 7) is 3.59. The first-order chi connectivity index (χ1) is 10.1. The molecule has 0 fully saturated rings. The molecule has 1 amide bonds. The highest BCUT2D eigenvalue weighted by Gasteiger charge is 2.24. The standard InChI is InChI=1S/C17H17IN2O/c1-12-11-20(16-8-3-2-5-14(16)10-19-12)17(21)13-6-4-7-15(18)9-13/h2-9,12,19H,10-11H2,1H3. The number of nitrogens with zero attached hydrogens (tertiary/aromatic N) is 1. The van der Waals surface area contributed by atoms with Gasteiger partial charge in [0.25, 0.3) is 5.91 Å². The van der Waals surface area contributed by atoms with Gasteiger partial charge in [0.05, 0.1) is 0 Å². The lowest BCUT2D eigenvalue weighted by atomic mass is 10.1. The van der Waals surface area contributed by atoms with Gasteiger partial charge in [-0.15, -0.1) is 0 Å². The van der Waals surface area contributed by atoms with Crippen LogP contribution in [0.1, 0.15) is 22.8 Å². The number of nitrogens with one attached hydrogen (secondary N) is 1. The minimum absolute atomic E-state index is 0.0662. The summed E-state index contributed by atoms with van der Waals surface area (Å²) in [4.78, 5) is 14.8. The van der Waals surface area contributed by atoms with Crippen LogP contribution in [-0.4, -0.2) is 18.5 Å². The van der Waals surface area contributed by atoms with Crippen molar-refractivity contribution >= 4 is 34.2 Å². The quantitative estimate of drug-likeness (QED) is 0.755. The number of anilines is 1. The van der Waals surface area contributed by atoms with E-state index in [-0.39, 0.29) is 11.9 Å². The Labute approximate surface area is 138 Å². The molecular formula is C17H17IN2O. The van der Waals surface area contributed by atoms with Crippen LogP contribution in [-0.2, 0) is 6.54 Å². The third kappa shape index (κ3) is 3.11. The van der Waals surface area contributed by atoms with E-state index in [1.807, 2.05) is 47.4 Å². The van der Waals surface area contributed by atoms with E-state index in [9.17, 15) is 4.79 Å². The second-order valence-corrected chi connectivity index (χ2v) is 6.58. The highest BCUT2D eigenvalue weighted by atomic mass is 127. The summed E-state index contributed by atoms with van der Waals surface area (Å²) in [5.41, 5.74) is 2.92. The normalized spacial score (nSPS) is 18.0. The second-order valence-electron chi connectivity index (χ2n) is 5.34. The van der Waals surface area contributed by atoms with Gasteiger partial charge in [-0.3, -0.25) is 4.79 Å². The largest absolute Gasteiger partial charge is 0.308 e. The van der Waals surface area contributed by atoms with Crippen molar-refractivity contribution in [3.8, 4) is 0 Å². The van der Waals surface area contributed by atoms with Crippen molar-refractivity contribution in [2.24, 2.45) is 0 Å². The third-order valence-corrected chi connectivity index (χ3v) is 4.37. The van der Waals surface area contributed by atoms with E-state index in [1.54, 1.807) is 0 Å². The summed E-state index contributed by atoms with van der Waals surface area (Å²) in [5.74, 6) is 0.0662. The van der Waals surface area contributed by atoms with Gasteiger partial charge in [0.15, 0.2) is 0 Å². The Bertz CT molecular complexity index is 671. The van der Waals surface area contributed by atoms with Crippen LogP contribution < -0.4 is 10.2 Å². The molecule has 0 spiro atoms. The van der Waals surface area contributed by atoms with E-state index in [1.165, 1.54) is 5.56 Å². The van der Waals surface area contributed by atoms with Crippen molar-refractivity contribution in [3.63, 3.8) is 0 Å². The van der Waals surface area contributed by atoms with E-state index in [2.05, 4.69) is 40.9 Å². The van der Waals surface area contributed by atoms with Crippen molar-refractivity contribution in [1.82, 2.24) is 5.32 Å². The molecule has 0 bridgehead atoms. The Balaban J connectivity index is 2.01. The van der Waals surface area contributed by atoms with Crippen LogP contribution in [0.25, 0.3) is 0 Å². The van der Waals surface area contributed by atoms with E-state index in [0.717, 1.165) is 21.4 Å². The van der Waals surface area contributed by atoms with Gasteiger partial charge in [-0.1, -0.05) is 24.3 Å². The Hall–Kier alpha value is -1.40. The first kappa shape index (κ1) is 14.5. The Kier molecular flexibility index (Phi) is 4.26. The molecule has 1 N–H and O–H groups in total. The molecule has 4 heteroatoms. The molecule has 1 unspecified atom stereocenters. The zero-order chi connectivity index (χ0) is 14.8. The number of carbonyl (C=O) groups excluding carboxylic acids is 1. The summed E-state index contributed by atoms with van der Waals surface area (Å²) >= 11 is 2.24. The average Bonchev–Trinajstić information content (AvgIpc) is 2.66. The summed E-state index contributed by atoms with van der Waals surface area (Å²) in [6.07, 6.45) is 0. The predicted octanol–water partition coefficient (Wildman–Crippen LogP) is 3.43. The van der Waals surface area contributed by atoms with Crippen molar-refractivity contribution in [2.75, 3.05) is 11.4 Å². The maximum atomic E-state index is 12.9. The highest BCUT2D eigenvalue weighted by Crippen LogP contribution is 2.25. The summed E-state index contributed by atoms with van der Waals surface area (Å²) in [7, 11) is 0. The monoisotopic (exact) mass is 392 g/mol. The fourth-order valence-corrected chi connectivity index (χ4v) is 3.16. The molecule has 3 rings (SSSR count). The highest BCUT2D eigenvalue weighted by molar-refractivity contribution is 14.1. The zero-order valence-corrected chi connectivity index (χ0v) is 14.0. The van der Waals surface area contributed by atoms with Gasteiger partial charge in [-0.2, -0.15) is 0 Å². The van der Waals surface area contributed by atoms with Gasteiger partial charge in [0.2, 0.25) is 0 Å². The Morgan fingerprint density at radius 3 is 2.86 bits per heavy atom. The molecule has 1 atom stereocenters. The number of amides is 1. The summed E-state index contributed by atoms with van der Waals surface area (Å²) < 4.78 is 1.08. The molecule has 0 saturated heterocycles. The number of para-hydroxylation sites is 1. The molecule has 108 valence electrons. The SMILES string of the molecule is CC1CN(C(=O)c2cccc(I)c2)c2ccccc2CN1.